The molecule has 7 nitrogen and oxygen atoms in total. The molecule has 1 unspecified atom stereocenters. The van der Waals surface area contributed by atoms with Gasteiger partial charge in [-0.1, -0.05) is 5.92 Å². The van der Waals surface area contributed by atoms with Crippen molar-refractivity contribution < 1.29 is 14.9 Å². The first-order valence-corrected chi connectivity index (χ1v) is 5.50. The molecule has 2 rings (SSSR count). The van der Waals surface area contributed by atoms with Gasteiger partial charge in [0.05, 0.1) is 0 Å². The fourth-order valence-corrected chi connectivity index (χ4v) is 1.85. The summed E-state index contributed by atoms with van der Waals surface area (Å²) in [7, 11) is 0. The number of hydrogen-bond donors (Lipinski definition) is 3. The number of rotatable bonds is 2. The van der Waals surface area contributed by atoms with Crippen LogP contribution in [-0.4, -0.2) is 38.1 Å². The maximum absolute atomic E-state index is 11.6. The average Bonchev–Trinajstić information content (AvgIpc) is 2.64. The number of nitrogens with zero attached hydrogens (tertiary/aromatic N) is 1. The molecule has 1 aromatic rings. The van der Waals surface area contributed by atoms with Crippen LogP contribution in [0.25, 0.3) is 0 Å². The molecule has 0 bridgehead atoms. The van der Waals surface area contributed by atoms with Crippen molar-refractivity contribution in [2.45, 2.75) is 24.5 Å². The van der Waals surface area contributed by atoms with Crippen molar-refractivity contribution in [2.24, 2.45) is 0 Å². The fraction of sp³-hybridized carbons (Fsp3) is 0.333. The molecule has 1 saturated heterocycles. The molecule has 4 atom stereocenters. The Morgan fingerprint density at radius 1 is 1.42 bits per heavy atom. The summed E-state index contributed by atoms with van der Waals surface area (Å²) in [5.41, 5.74) is -1.29. The molecule has 0 saturated carbocycles. The molecule has 3 N–H and O–H groups in total. The van der Waals surface area contributed by atoms with Crippen molar-refractivity contribution in [1.29, 1.82) is 0 Å². The van der Waals surface area contributed by atoms with Crippen LogP contribution in [-0.2, 0) is 4.74 Å². The number of ether oxygens (including phenoxy) is 1. The SMILES string of the molecule is C#C/C=C\[C@H]1OC(n2ccc(=O)[nH]c2=O)[C@H](O)[C@@H]1O. The summed E-state index contributed by atoms with van der Waals surface area (Å²) in [5.74, 6) is 2.23. The maximum Gasteiger partial charge on any atom is 0.330 e. The van der Waals surface area contributed by atoms with Crippen LogP contribution in [0.3, 0.4) is 0 Å². The molecular formula is C12H12N2O5. The second kappa shape index (κ2) is 5.24. The summed E-state index contributed by atoms with van der Waals surface area (Å²) in [6, 6.07) is 1.12. The Morgan fingerprint density at radius 3 is 2.79 bits per heavy atom. The van der Waals surface area contributed by atoms with Gasteiger partial charge in [0.15, 0.2) is 6.23 Å². The zero-order valence-electron chi connectivity index (χ0n) is 9.76. The quantitative estimate of drug-likeness (QED) is 0.555. The molecule has 1 aliphatic rings. The highest BCUT2D eigenvalue weighted by atomic mass is 16.6. The van der Waals surface area contributed by atoms with Crippen molar-refractivity contribution in [3.63, 3.8) is 0 Å². The van der Waals surface area contributed by atoms with Crippen LogP contribution in [0.15, 0.2) is 34.0 Å². The predicted octanol–water partition coefficient (Wildman–Crippen LogP) is -1.65. The summed E-state index contributed by atoms with van der Waals surface area (Å²) in [5, 5.41) is 19.6. The third kappa shape index (κ3) is 2.51. The van der Waals surface area contributed by atoms with Crippen molar-refractivity contribution >= 4 is 0 Å². The Morgan fingerprint density at radius 2 is 2.16 bits per heavy atom. The van der Waals surface area contributed by atoms with Crippen LogP contribution in [0.4, 0.5) is 0 Å². The van der Waals surface area contributed by atoms with Gasteiger partial charge in [0.25, 0.3) is 5.56 Å². The van der Waals surface area contributed by atoms with Gasteiger partial charge in [-0.05, 0) is 12.2 Å². The van der Waals surface area contributed by atoms with Gasteiger partial charge >= 0.3 is 5.69 Å². The van der Waals surface area contributed by atoms with Gasteiger partial charge in [-0.25, -0.2) is 4.79 Å². The molecule has 100 valence electrons. The second-order valence-electron chi connectivity index (χ2n) is 4.02. The van der Waals surface area contributed by atoms with Crippen molar-refractivity contribution in [2.75, 3.05) is 0 Å². The van der Waals surface area contributed by atoms with Gasteiger partial charge < -0.3 is 14.9 Å². The molecule has 2 heterocycles. The van der Waals surface area contributed by atoms with E-state index in [9.17, 15) is 19.8 Å². The van der Waals surface area contributed by atoms with E-state index in [4.69, 9.17) is 11.2 Å². The standard InChI is InChI=1S/C12H12N2O5/c1-2-3-4-7-9(16)10(17)11(19-7)14-6-5-8(15)13-12(14)18/h1,3-7,9-11,16-17H,(H,13,15,18)/b4-3-/t7-,9-,10-,11?/m1/s1. The van der Waals surface area contributed by atoms with Gasteiger partial charge in [0, 0.05) is 12.3 Å². The van der Waals surface area contributed by atoms with Crippen LogP contribution in [0.5, 0.6) is 0 Å². The minimum absolute atomic E-state index is 0.557. The first-order valence-electron chi connectivity index (χ1n) is 5.50. The number of aliphatic hydroxyl groups is 2. The van der Waals surface area contributed by atoms with Crippen LogP contribution in [0.2, 0.25) is 0 Å². The molecule has 0 radical (unpaired) electrons. The molecule has 0 aromatic carbocycles. The first kappa shape index (κ1) is 13.3. The van der Waals surface area contributed by atoms with Crippen molar-refractivity contribution in [3.8, 4) is 12.3 Å². The molecule has 0 amide bonds. The Balaban J connectivity index is 2.32. The number of aromatic nitrogens is 2. The number of aliphatic hydroxyl groups excluding tert-OH is 2. The van der Waals surface area contributed by atoms with Crippen LogP contribution in [0, 0.1) is 12.3 Å². The molecule has 1 fully saturated rings. The van der Waals surface area contributed by atoms with E-state index in [0.29, 0.717) is 0 Å². The Hall–Kier alpha value is -2.14. The normalized spacial score (nSPS) is 30.6. The molecule has 7 heteroatoms. The third-order valence-electron chi connectivity index (χ3n) is 2.78. The number of terminal acetylenes is 1. The van der Waals surface area contributed by atoms with Crippen molar-refractivity contribution in [3.05, 3.63) is 45.3 Å². The second-order valence-corrected chi connectivity index (χ2v) is 4.02. The van der Waals surface area contributed by atoms with Gasteiger partial charge in [-0.15, -0.1) is 6.42 Å². The fourth-order valence-electron chi connectivity index (χ4n) is 1.85. The van der Waals surface area contributed by atoms with Gasteiger partial charge in [0.1, 0.15) is 18.3 Å². The van der Waals surface area contributed by atoms with Gasteiger partial charge in [-0.2, -0.15) is 0 Å². The summed E-state index contributed by atoms with van der Waals surface area (Å²) in [6.45, 7) is 0. The van der Waals surface area contributed by atoms with Crippen LogP contribution >= 0.6 is 0 Å². The number of aromatic amines is 1. The molecular weight excluding hydrogens is 252 g/mol. The van der Waals surface area contributed by atoms with E-state index in [0.717, 1.165) is 10.6 Å². The molecule has 1 aromatic heterocycles. The highest BCUT2D eigenvalue weighted by Gasteiger charge is 2.42. The predicted molar refractivity (Wildman–Crippen MR) is 65.2 cm³/mol. The summed E-state index contributed by atoms with van der Waals surface area (Å²) in [4.78, 5) is 24.6. The Bertz CT molecular complexity index is 639. The van der Waals surface area contributed by atoms with E-state index in [-0.39, 0.29) is 0 Å². The van der Waals surface area contributed by atoms with Crippen LogP contribution in [0.1, 0.15) is 6.23 Å². The minimum atomic E-state index is -1.31. The lowest BCUT2D eigenvalue weighted by Gasteiger charge is -2.16. The summed E-state index contributed by atoms with van der Waals surface area (Å²) >= 11 is 0. The summed E-state index contributed by atoms with van der Waals surface area (Å²) < 4.78 is 6.35. The number of H-pyrrole nitrogens is 1. The highest BCUT2D eigenvalue weighted by molar-refractivity contribution is 5.13. The summed E-state index contributed by atoms with van der Waals surface area (Å²) in [6.07, 6.45) is 4.53. The Labute approximate surface area is 107 Å². The average molecular weight is 264 g/mol. The van der Waals surface area contributed by atoms with E-state index >= 15 is 0 Å². The van der Waals surface area contributed by atoms with E-state index < -0.39 is 35.8 Å². The van der Waals surface area contributed by atoms with E-state index in [1.165, 1.54) is 18.3 Å². The van der Waals surface area contributed by atoms with E-state index in [2.05, 4.69) is 5.92 Å². The van der Waals surface area contributed by atoms with Crippen LogP contribution < -0.4 is 11.2 Å². The third-order valence-corrected chi connectivity index (χ3v) is 2.78. The molecule has 0 aliphatic carbocycles. The van der Waals surface area contributed by atoms with E-state index in [1.807, 2.05) is 4.98 Å². The molecule has 19 heavy (non-hydrogen) atoms. The number of nitrogens with one attached hydrogen (secondary N) is 1. The monoisotopic (exact) mass is 264 g/mol. The minimum Gasteiger partial charge on any atom is -0.387 e. The Kier molecular flexibility index (Phi) is 3.66. The topological polar surface area (TPSA) is 105 Å². The van der Waals surface area contributed by atoms with Gasteiger partial charge in [0.2, 0.25) is 0 Å². The van der Waals surface area contributed by atoms with Crippen molar-refractivity contribution in [1.82, 2.24) is 9.55 Å². The van der Waals surface area contributed by atoms with Gasteiger partial charge in [-0.3, -0.25) is 14.3 Å². The lowest BCUT2D eigenvalue weighted by molar-refractivity contribution is -0.0297. The highest BCUT2D eigenvalue weighted by Crippen LogP contribution is 2.28. The van der Waals surface area contributed by atoms with E-state index in [1.54, 1.807) is 0 Å². The zero-order chi connectivity index (χ0) is 14.0. The maximum atomic E-state index is 11.6. The zero-order valence-corrected chi connectivity index (χ0v) is 9.76. The smallest absolute Gasteiger partial charge is 0.330 e. The lowest BCUT2D eigenvalue weighted by Crippen LogP contribution is -2.37. The molecule has 0 spiro atoms. The molecule has 1 aliphatic heterocycles. The number of allylic oxidation sites excluding steroid dienone is 1. The largest absolute Gasteiger partial charge is 0.387 e. The first-order chi connectivity index (χ1) is 9.04. The lowest BCUT2D eigenvalue weighted by atomic mass is 10.1. The number of hydrogen-bond acceptors (Lipinski definition) is 5.